The molecule has 0 saturated heterocycles. The molecule has 118 valence electrons. The third-order valence-corrected chi connectivity index (χ3v) is 3.61. The average Bonchev–Trinajstić information content (AvgIpc) is 2.91. The van der Waals surface area contributed by atoms with E-state index in [4.69, 9.17) is 0 Å². The molecule has 22 heavy (non-hydrogen) atoms. The number of amides is 1. The molecule has 2 aromatic heterocycles. The summed E-state index contributed by atoms with van der Waals surface area (Å²) in [6.07, 6.45) is 1.51. The van der Waals surface area contributed by atoms with E-state index < -0.39 is 4.92 Å². The van der Waals surface area contributed by atoms with Crippen LogP contribution in [0.25, 0.3) is 0 Å². The lowest BCUT2D eigenvalue weighted by atomic mass is 10.2. The predicted molar refractivity (Wildman–Crippen MR) is 78.6 cm³/mol. The molecule has 0 saturated carbocycles. The zero-order valence-electron chi connectivity index (χ0n) is 13.0. The van der Waals surface area contributed by atoms with Crippen molar-refractivity contribution >= 4 is 11.6 Å². The van der Waals surface area contributed by atoms with Gasteiger partial charge in [0.15, 0.2) is 0 Å². The highest BCUT2D eigenvalue weighted by molar-refractivity contribution is 5.94. The molecule has 0 unspecified atom stereocenters. The summed E-state index contributed by atoms with van der Waals surface area (Å²) >= 11 is 0. The molecule has 0 fully saturated rings. The largest absolute Gasteiger partial charge is 0.350 e. The van der Waals surface area contributed by atoms with Crippen molar-refractivity contribution in [3.05, 3.63) is 39.0 Å². The zero-order valence-corrected chi connectivity index (χ0v) is 13.0. The van der Waals surface area contributed by atoms with Crippen molar-refractivity contribution < 1.29 is 9.72 Å². The van der Waals surface area contributed by atoms with Gasteiger partial charge in [-0.2, -0.15) is 10.2 Å². The number of aryl methyl sites for hydroxylation is 2. The number of aromatic nitrogens is 4. The fraction of sp³-hybridized carbons (Fsp3) is 0.462. The molecule has 9 nitrogen and oxygen atoms in total. The second kappa shape index (κ2) is 5.96. The van der Waals surface area contributed by atoms with Crippen LogP contribution < -0.4 is 5.32 Å². The first-order chi connectivity index (χ1) is 10.3. The fourth-order valence-corrected chi connectivity index (χ4v) is 2.26. The summed E-state index contributed by atoms with van der Waals surface area (Å²) in [4.78, 5) is 22.5. The van der Waals surface area contributed by atoms with Crippen LogP contribution in [0.3, 0.4) is 0 Å². The van der Waals surface area contributed by atoms with Gasteiger partial charge in [-0.25, -0.2) is 0 Å². The van der Waals surface area contributed by atoms with Gasteiger partial charge < -0.3 is 5.32 Å². The summed E-state index contributed by atoms with van der Waals surface area (Å²) < 4.78 is 3.16. The molecule has 1 N–H and O–H groups in total. The zero-order chi connectivity index (χ0) is 16.4. The lowest BCUT2D eigenvalue weighted by Crippen LogP contribution is -2.28. The van der Waals surface area contributed by atoms with E-state index in [2.05, 4.69) is 15.5 Å². The van der Waals surface area contributed by atoms with Gasteiger partial charge in [-0.15, -0.1) is 0 Å². The van der Waals surface area contributed by atoms with Crippen LogP contribution in [0.4, 0.5) is 5.69 Å². The van der Waals surface area contributed by atoms with E-state index in [0.717, 1.165) is 5.69 Å². The normalized spacial score (nSPS) is 10.7. The molecule has 0 atom stereocenters. The van der Waals surface area contributed by atoms with Gasteiger partial charge in [0.1, 0.15) is 11.4 Å². The molecule has 2 rings (SSSR count). The van der Waals surface area contributed by atoms with Crippen LogP contribution in [0.2, 0.25) is 0 Å². The summed E-state index contributed by atoms with van der Waals surface area (Å²) in [7, 11) is 1.77. The molecular formula is C13H18N6O3. The first kappa shape index (κ1) is 15.7. The van der Waals surface area contributed by atoms with Crippen molar-refractivity contribution in [2.45, 2.75) is 27.3 Å². The van der Waals surface area contributed by atoms with Crippen molar-refractivity contribution in [1.29, 1.82) is 0 Å². The van der Waals surface area contributed by atoms with Crippen LogP contribution >= 0.6 is 0 Å². The Bertz CT molecular complexity index is 730. The minimum atomic E-state index is -0.439. The Morgan fingerprint density at radius 1 is 1.36 bits per heavy atom. The third-order valence-electron chi connectivity index (χ3n) is 3.61. The first-order valence-corrected chi connectivity index (χ1v) is 6.78. The summed E-state index contributed by atoms with van der Waals surface area (Å²) in [5.74, 6) is -0.221. The van der Waals surface area contributed by atoms with Crippen LogP contribution in [-0.2, 0) is 13.6 Å². The molecule has 0 aromatic carbocycles. The van der Waals surface area contributed by atoms with E-state index in [9.17, 15) is 14.9 Å². The number of nitrogens with zero attached hydrogens (tertiary/aromatic N) is 5. The van der Waals surface area contributed by atoms with Gasteiger partial charge in [0.25, 0.3) is 5.91 Å². The molecule has 0 bridgehead atoms. The maximum absolute atomic E-state index is 12.0. The van der Waals surface area contributed by atoms with Crippen LogP contribution in [0.15, 0.2) is 6.20 Å². The van der Waals surface area contributed by atoms with Gasteiger partial charge >= 0.3 is 5.69 Å². The number of nitrogens with one attached hydrogen (secondary N) is 1. The summed E-state index contributed by atoms with van der Waals surface area (Å²) in [5.41, 5.74) is 2.17. The second-order valence-electron chi connectivity index (χ2n) is 5.02. The molecule has 2 aromatic rings. The minimum Gasteiger partial charge on any atom is -0.350 e. The summed E-state index contributed by atoms with van der Waals surface area (Å²) in [6.45, 7) is 5.74. The van der Waals surface area contributed by atoms with Crippen molar-refractivity contribution in [1.82, 2.24) is 24.9 Å². The smallest absolute Gasteiger partial charge is 0.312 e. The Kier molecular flexibility index (Phi) is 4.25. The van der Waals surface area contributed by atoms with Gasteiger partial charge in [0.05, 0.1) is 23.2 Å². The monoisotopic (exact) mass is 306 g/mol. The Morgan fingerprint density at radius 3 is 2.55 bits per heavy atom. The van der Waals surface area contributed by atoms with Gasteiger partial charge in [0, 0.05) is 19.3 Å². The number of carbonyl (C=O) groups is 1. The van der Waals surface area contributed by atoms with Gasteiger partial charge in [-0.05, 0) is 20.8 Å². The second-order valence-corrected chi connectivity index (χ2v) is 5.02. The van der Waals surface area contributed by atoms with E-state index in [-0.39, 0.29) is 11.6 Å². The van der Waals surface area contributed by atoms with Gasteiger partial charge in [0.2, 0.25) is 0 Å². The highest BCUT2D eigenvalue weighted by Gasteiger charge is 2.21. The van der Waals surface area contributed by atoms with E-state index in [1.165, 1.54) is 10.9 Å². The molecule has 1 amide bonds. The van der Waals surface area contributed by atoms with Crippen LogP contribution in [0.1, 0.15) is 27.4 Å². The third kappa shape index (κ3) is 2.83. The molecule has 0 aliphatic carbocycles. The van der Waals surface area contributed by atoms with Crippen molar-refractivity contribution in [2.24, 2.45) is 7.05 Å². The van der Waals surface area contributed by atoms with E-state index in [1.807, 2.05) is 6.92 Å². The molecule has 0 aliphatic heterocycles. The van der Waals surface area contributed by atoms with Crippen LogP contribution in [-0.4, -0.2) is 36.9 Å². The number of hydrogen-bond acceptors (Lipinski definition) is 5. The average molecular weight is 306 g/mol. The molecule has 0 aliphatic rings. The highest BCUT2D eigenvalue weighted by Crippen LogP contribution is 2.21. The summed E-state index contributed by atoms with van der Waals surface area (Å²) in [5, 5.41) is 21.8. The molecule has 0 spiro atoms. The maximum atomic E-state index is 12.0. The quantitative estimate of drug-likeness (QED) is 0.651. The van der Waals surface area contributed by atoms with E-state index >= 15 is 0 Å². The van der Waals surface area contributed by atoms with E-state index in [0.29, 0.717) is 30.0 Å². The molecule has 2 heterocycles. The van der Waals surface area contributed by atoms with Crippen molar-refractivity contribution in [3.8, 4) is 0 Å². The number of rotatable bonds is 5. The predicted octanol–water partition coefficient (Wildman–Crippen LogP) is 0.880. The highest BCUT2D eigenvalue weighted by atomic mass is 16.6. The maximum Gasteiger partial charge on any atom is 0.312 e. The topological polar surface area (TPSA) is 108 Å². The van der Waals surface area contributed by atoms with Gasteiger partial charge in [-0.1, -0.05) is 0 Å². The standard InChI is InChI=1S/C13H18N6O3/c1-8-12(19(21)22)10(3)18(16-8)6-5-14-13(20)11-7-15-17(4)9(11)2/h7H,5-6H2,1-4H3,(H,14,20). The Labute approximate surface area is 127 Å². The fourth-order valence-electron chi connectivity index (χ4n) is 2.26. The Balaban J connectivity index is 2.00. The molecular weight excluding hydrogens is 288 g/mol. The molecule has 0 radical (unpaired) electrons. The van der Waals surface area contributed by atoms with Crippen LogP contribution in [0, 0.1) is 30.9 Å². The Morgan fingerprint density at radius 2 is 2.05 bits per heavy atom. The number of nitro groups is 1. The lowest BCUT2D eigenvalue weighted by molar-refractivity contribution is -0.386. The van der Waals surface area contributed by atoms with Crippen molar-refractivity contribution in [2.75, 3.05) is 6.54 Å². The Hall–Kier alpha value is -2.71. The van der Waals surface area contributed by atoms with Crippen molar-refractivity contribution in [3.63, 3.8) is 0 Å². The lowest BCUT2D eigenvalue weighted by Gasteiger charge is -2.06. The minimum absolute atomic E-state index is 0.0226. The molecule has 9 heteroatoms. The van der Waals surface area contributed by atoms with Gasteiger partial charge in [-0.3, -0.25) is 24.3 Å². The number of carbonyl (C=O) groups excluding carboxylic acids is 1. The van der Waals surface area contributed by atoms with Crippen LogP contribution in [0.5, 0.6) is 0 Å². The first-order valence-electron chi connectivity index (χ1n) is 6.78. The SMILES string of the molecule is Cc1nn(CCNC(=O)c2cnn(C)c2C)c(C)c1[N+](=O)[O-]. The van der Waals surface area contributed by atoms with E-state index in [1.54, 1.807) is 25.6 Å². The number of hydrogen-bond donors (Lipinski definition) is 1. The summed E-state index contributed by atoms with van der Waals surface area (Å²) in [6, 6.07) is 0.